The van der Waals surface area contributed by atoms with Gasteiger partial charge in [0.25, 0.3) is 5.56 Å². The number of carbonyl (C=O) groups is 1. The number of halogens is 1. The first-order valence-corrected chi connectivity index (χ1v) is 11.2. The quantitative estimate of drug-likeness (QED) is 0.452. The summed E-state index contributed by atoms with van der Waals surface area (Å²) in [7, 11) is 0. The average molecular weight is 466 g/mol. The van der Waals surface area contributed by atoms with Crippen molar-refractivity contribution in [3.8, 4) is 0 Å². The van der Waals surface area contributed by atoms with Crippen molar-refractivity contribution in [1.82, 2.24) is 14.5 Å². The highest BCUT2D eigenvalue weighted by Gasteiger charge is 2.19. The SMILES string of the molecule is O=C(Cn1c(=O)ccn(Cc2ccccc2)c1=O)NC(c1ccc(Cl)cc1)c1cccs1. The molecule has 0 radical (unpaired) electrons. The van der Waals surface area contributed by atoms with Gasteiger partial charge in [0.1, 0.15) is 6.54 Å². The Bertz CT molecular complexity index is 1310. The van der Waals surface area contributed by atoms with Crippen LogP contribution in [0.4, 0.5) is 0 Å². The highest BCUT2D eigenvalue weighted by atomic mass is 35.5. The molecule has 6 nitrogen and oxygen atoms in total. The van der Waals surface area contributed by atoms with Gasteiger partial charge in [0.2, 0.25) is 5.91 Å². The predicted molar refractivity (Wildman–Crippen MR) is 126 cm³/mol. The molecule has 1 atom stereocenters. The third kappa shape index (κ3) is 5.07. The molecule has 0 aliphatic heterocycles. The van der Waals surface area contributed by atoms with Crippen molar-refractivity contribution in [2.75, 3.05) is 0 Å². The summed E-state index contributed by atoms with van der Waals surface area (Å²) >= 11 is 7.51. The lowest BCUT2D eigenvalue weighted by Crippen LogP contribution is -2.43. The monoisotopic (exact) mass is 465 g/mol. The molecular formula is C24H20ClN3O3S. The van der Waals surface area contributed by atoms with Crippen LogP contribution < -0.4 is 16.6 Å². The van der Waals surface area contributed by atoms with E-state index >= 15 is 0 Å². The third-order valence-corrected chi connectivity index (χ3v) is 6.16. The summed E-state index contributed by atoms with van der Waals surface area (Å²) in [6, 6.07) is 21.4. The van der Waals surface area contributed by atoms with E-state index < -0.39 is 23.2 Å². The summed E-state index contributed by atoms with van der Waals surface area (Å²) in [4.78, 5) is 39.1. The second kappa shape index (κ2) is 9.80. The molecule has 4 aromatic rings. The Morgan fingerprint density at radius 1 is 0.969 bits per heavy atom. The van der Waals surface area contributed by atoms with Crippen molar-refractivity contribution in [3.05, 3.63) is 126 Å². The zero-order valence-corrected chi connectivity index (χ0v) is 18.6. The van der Waals surface area contributed by atoms with E-state index in [4.69, 9.17) is 11.6 Å². The minimum atomic E-state index is -0.532. The van der Waals surface area contributed by atoms with Gasteiger partial charge in [-0.15, -0.1) is 11.3 Å². The smallest absolute Gasteiger partial charge is 0.331 e. The van der Waals surface area contributed by atoms with E-state index in [9.17, 15) is 14.4 Å². The lowest BCUT2D eigenvalue weighted by molar-refractivity contribution is -0.122. The number of nitrogens with one attached hydrogen (secondary N) is 1. The first-order chi connectivity index (χ1) is 15.5. The van der Waals surface area contributed by atoms with Gasteiger partial charge in [-0.3, -0.25) is 18.7 Å². The van der Waals surface area contributed by atoms with E-state index in [1.807, 2.05) is 60.0 Å². The zero-order valence-electron chi connectivity index (χ0n) is 17.0. The number of hydrogen-bond acceptors (Lipinski definition) is 4. The second-order valence-corrected chi connectivity index (χ2v) is 8.62. The molecule has 0 aliphatic carbocycles. The van der Waals surface area contributed by atoms with Gasteiger partial charge in [0, 0.05) is 22.2 Å². The van der Waals surface area contributed by atoms with Crippen LogP contribution in [0.15, 0.2) is 94.0 Å². The third-order valence-electron chi connectivity index (χ3n) is 4.97. The van der Waals surface area contributed by atoms with E-state index in [0.717, 1.165) is 20.6 Å². The Kier molecular flexibility index (Phi) is 6.68. The molecule has 2 heterocycles. The number of carbonyl (C=O) groups excluding carboxylic acids is 1. The van der Waals surface area contributed by atoms with Crippen LogP contribution in [0.5, 0.6) is 0 Å². The maximum atomic E-state index is 12.9. The van der Waals surface area contributed by atoms with Gasteiger partial charge >= 0.3 is 5.69 Å². The molecule has 8 heteroatoms. The van der Waals surface area contributed by atoms with E-state index in [-0.39, 0.29) is 6.54 Å². The van der Waals surface area contributed by atoms with Crippen molar-refractivity contribution >= 4 is 28.8 Å². The Hall–Kier alpha value is -3.42. The lowest BCUT2D eigenvalue weighted by Gasteiger charge is -2.19. The van der Waals surface area contributed by atoms with E-state index in [2.05, 4.69) is 5.32 Å². The van der Waals surface area contributed by atoms with Crippen LogP contribution in [0.1, 0.15) is 22.0 Å². The number of nitrogens with zero attached hydrogens (tertiary/aromatic N) is 2. The van der Waals surface area contributed by atoms with Crippen molar-refractivity contribution in [1.29, 1.82) is 0 Å². The Morgan fingerprint density at radius 3 is 2.41 bits per heavy atom. The average Bonchev–Trinajstić information content (AvgIpc) is 3.33. The van der Waals surface area contributed by atoms with Gasteiger partial charge < -0.3 is 5.32 Å². The predicted octanol–water partition coefficient (Wildman–Crippen LogP) is 3.68. The molecule has 0 aliphatic rings. The zero-order chi connectivity index (χ0) is 22.5. The fraction of sp³-hybridized carbons (Fsp3) is 0.125. The topological polar surface area (TPSA) is 73.1 Å². The highest BCUT2D eigenvalue weighted by Crippen LogP contribution is 2.27. The van der Waals surface area contributed by atoms with Crippen LogP contribution in [0.25, 0.3) is 0 Å². The Morgan fingerprint density at radius 2 is 1.72 bits per heavy atom. The molecule has 0 saturated carbocycles. The van der Waals surface area contributed by atoms with Crippen LogP contribution in [0.2, 0.25) is 5.02 Å². The summed E-state index contributed by atoms with van der Waals surface area (Å²) in [5.74, 6) is -0.435. The van der Waals surface area contributed by atoms with Crippen molar-refractivity contribution in [2.45, 2.75) is 19.1 Å². The van der Waals surface area contributed by atoms with Crippen LogP contribution in [0.3, 0.4) is 0 Å². The molecule has 0 spiro atoms. The summed E-state index contributed by atoms with van der Waals surface area (Å²) in [6.07, 6.45) is 1.45. The van der Waals surface area contributed by atoms with Crippen LogP contribution in [-0.4, -0.2) is 15.0 Å². The first kappa shape index (κ1) is 21.8. The molecule has 1 unspecified atom stereocenters. The fourth-order valence-electron chi connectivity index (χ4n) is 3.38. The van der Waals surface area contributed by atoms with Crippen molar-refractivity contribution < 1.29 is 4.79 Å². The van der Waals surface area contributed by atoms with Crippen LogP contribution >= 0.6 is 22.9 Å². The number of rotatable bonds is 7. The standard InChI is InChI=1S/C24H20ClN3O3S/c25-19-10-8-18(9-11-19)23(20-7-4-14-32-20)26-21(29)16-28-22(30)12-13-27(24(28)31)15-17-5-2-1-3-6-17/h1-14,23H,15-16H2,(H,26,29). The number of benzene rings is 2. The van der Waals surface area contributed by atoms with E-state index in [0.29, 0.717) is 11.6 Å². The van der Waals surface area contributed by atoms with E-state index in [1.165, 1.54) is 28.2 Å². The summed E-state index contributed by atoms with van der Waals surface area (Å²) in [6.45, 7) is -0.0626. The minimum Gasteiger partial charge on any atom is -0.343 e. The van der Waals surface area contributed by atoms with Gasteiger partial charge in [-0.1, -0.05) is 60.1 Å². The van der Waals surface area contributed by atoms with Crippen molar-refractivity contribution in [3.63, 3.8) is 0 Å². The molecule has 162 valence electrons. The second-order valence-electron chi connectivity index (χ2n) is 7.20. The van der Waals surface area contributed by atoms with E-state index in [1.54, 1.807) is 12.1 Å². The largest absolute Gasteiger partial charge is 0.343 e. The molecule has 0 bridgehead atoms. The maximum absolute atomic E-state index is 12.9. The van der Waals surface area contributed by atoms with Gasteiger partial charge in [0.05, 0.1) is 12.6 Å². The van der Waals surface area contributed by atoms with Crippen LogP contribution in [0, 0.1) is 0 Å². The van der Waals surface area contributed by atoms with Gasteiger partial charge in [-0.25, -0.2) is 4.79 Å². The molecular weight excluding hydrogens is 446 g/mol. The lowest BCUT2D eigenvalue weighted by atomic mass is 10.1. The number of hydrogen-bond donors (Lipinski definition) is 1. The molecule has 1 N–H and O–H groups in total. The molecule has 32 heavy (non-hydrogen) atoms. The Labute approximate surface area is 193 Å². The minimum absolute atomic E-state index is 0.310. The van der Waals surface area contributed by atoms with Gasteiger partial charge in [-0.05, 0) is 34.7 Å². The molecule has 2 aromatic heterocycles. The molecule has 4 rings (SSSR count). The van der Waals surface area contributed by atoms with Gasteiger partial charge in [0.15, 0.2) is 0 Å². The molecule has 2 aromatic carbocycles. The first-order valence-electron chi connectivity index (χ1n) is 9.94. The van der Waals surface area contributed by atoms with Crippen LogP contribution in [-0.2, 0) is 17.9 Å². The summed E-state index contributed by atoms with van der Waals surface area (Å²) in [5, 5.41) is 5.47. The summed E-state index contributed by atoms with van der Waals surface area (Å²) in [5.41, 5.74) is 0.723. The summed E-state index contributed by atoms with van der Waals surface area (Å²) < 4.78 is 2.37. The van der Waals surface area contributed by atoms with Gasteiger partial charge in [-0.2, -0.15) is 0 Å². The normalized spacial score (nSPS) is 11.8. The fourth-order valence-corrected chi connectivity index (χ4v) is 4.31. The molecule has 0 saturated heterocycles. The Balaban J connectivity index is 1.57. The molecule has 0 fully saturated rings. The number of aromatic nitrogens is 2. The highest BCUT2D eigenvalue weighted by molar-refractivity contribution is 7.10. The number of amides is 1. The van der Waals surface area contributed by atoms with Crippen molar-refractivity contribution in [2.24, 2.45) is 0 Å². The maximum Gasteiger partial charge on any atom is 0.331 e. The molecule has 1 amide bonds. The number of thiophene rings is 1.